The maximum atomic E-state index is 12.9. The number of carbonyl (C=O) groups excluding carboxylic acids is 1. The second kappa shape index (κ2) is 11.2. The molecule has 0 aliphatic carbocycles. The molecule has 2 fully saturated rings. The van der Waals surface area contributed by atoms with E-state index < -0.39 is 10.0 Å². The standard InChI is InChI=1S/C21H34N4O5S/c1-3-23-9-11-24(12-10-23)8-4-7-22-21(26)19-17-18(5-6-20(19)29-2)31(27,28)25-13-15-30-16-14-25/h5-6,17H,3-4,7-16H2,1-2H3,(H,22,26). The molecule has 0 unspecified atom stereocenters. The van der Waals surface area contributed by atoms with Gasteiger partial charge < -0.3 is 24.6 Å². The fourth-order valence-electron chi connectivity index (χ4n) is 3.89. The molecule has 3 rings (SSSR count). The zero-order valence-electron chi connectivity index (χ0n) is 18.5. The molecule has 2 heterocycles. The molecule has 2 aliphatic heterocycles. The van der Waals surface area contributed by atoms with Gasteiger partial charge in [-0.1, -0.05) is 6.92 Å². The average Bonchev–Trinajstić information content (AvgIpc) is 2.82. The monoisotopic (exact) mass is 454 g/mol. The molecule has 0 saturated carbocycles. The van der Waals surface area contributed by atoms with Crippen molar-refractivity contribution in [1.82, 2.24) is 19.4 Å². The van der Waals surface area contributed by atoms with Crippen LogP contribution in [0.15, 0.2) is 23.1 Å². The Hall–Kier alpha value is -1.72. The first-order valence-corrected chi connectivity index (χ1v) is 12.4. The van der Waals surface area contributed by atoms with Crippen molar-refractivity contribution in [3.63, 3.8) is 0 Å². The van der Waals surface area contributed by atoms with Gasteiger partial charge in [0, 0.05) is 45.8 Å². The maximum Gasteiger partial charge on any atom is 0.255 e. The number of sulfonamides is 1. The van der Waals surface area contributed by atoms with Gasteiger partial charge in [-0.15, -0.1) is 0 Å². The predicted molar refractivity (Wildman–Crippen MR) is 118 cm³/mol. The van der Waals surface area contributed by atoms with Crippen molar-refractivity contribution in [2.45, 2.75) is 18.2 Å². The van der Waals surface area contributed by atoms with E-state index in [0.29, 0.717) is 38.6 Å². The minimum absolute atomic E-state index is 0.0918. The molecule has 0 atom stereocenters. The van der Waals surface area contributed by atoms with Gasteiger partial charge in [0.15, 0.2) is 0 Å². The average molecular weight is 455 g/mol. The van der Waals surface area contributed by atoms with Crippen LogP contribution in [0.4, 0.5) is 0 Å². The Balaban J connectivity index is 1.57. The van der Waals surface area contributed by atoms with Crippen molar-refractivity contribution in [1.29, 1.82) is 0 Å². The molecular formula is C21H34N4O5S. The molecule has 1 amide bonds. The third kappa shape index (κ3) is 6.17. The fraction of sp³-hybridized carbons (Fsp3) is 0.667. The number of methoxy groups -OCH3 is 1. The summed E-state index contributed by atoms with van der Waals surface area (Å²) in [6.07, 6.45) is 0.839. The van der Waals surface area contributed by atoms with Crippen LogP contribution in [0.2, 0.25) is 0 Å². The van der Waals surface area contributed by atoms with Gasteiger partial charge in [0.2, 0.25) is 10.0 Å². The quantitative estimate of drug-likeness (QED) is 0.543. The summed E-state index contributed by atoms with van der Waals surface area (Å²) in [6, 6.07) is 4.43. The number of nitrogens with one attached hydrogen (secondary N) is 1. The van der Waals surface area contributed by atoms with Crippen molar-refractivity contribution < 1.29 is 22.7 Å². The van der Waals surface area contributed by atoms with Gasteiger partial charge in [-0.3, -0.25) is 4.79 Å². The Morgan fingerprint density at radius 2 is 1.77 bits per heavy atom. The van der Waals surface area contributed by atoms with Crippen LogP contribution in [0.5, 0.6) is 5.75 Å². The SMILES string of the molecule is CCN1CCN(CCCNC(=O)c2cc(S(=O)(=O)N3CCOCC3)ccc2OC)CC1. The Kier molecular flexibility index (Phi) is 8.67. The van der Waals surface area contributed by atoms with Crippen LogP contribution in [-0.2, 0) is 14.8 Å². The van der Waals surface area contributed by atoms with Crippen molar-refractivity contribution in [2.24, 2.45) is 0 Å². The number of rotatable bonds is 9. The number of carbonyl (C=O) groups is 1. The van der Waals surface area contributed by atoms with E-state index in [2.05, 4.69) is 22.0 Å². The second-order valence-electron chi connectivity index (χ2n) is 7.76. The summed E-state index contributed by atoms with van der Waals surface area (Å²) in [7, 11) is -2.21. The lowest BCUT2D eigenvalue weighted by Gasteiger charge is -2.33. The summed E-state index contributed by atoms with van der Waals surface area (Å²) in [5.41, 5.74) is 0.230. The van der Waals surface area contributed by atoms with E-state index in [4.69, 9.17) is 9.47 Å². The normalized spacial score (nSPS) is 19.3. The molecule has 2 aliphatic rings. The topological polar surface area (TPSA) is 91.4 Å². The lowest BCUT2D eigenvalue weighted by atomic mass is 10.2. The van der Waals surface area contributed by atoms with Crippen LogP contribution in [0.1, 0.15) is 23.7 Å². The van der Waals surface area contributed by atoms with E-state index >= 15 is 0 Å². The zero-order valence-corrected chi connectivity index (χ0v) is 19.3. The van der Waals surface area contributed by atoms with Gasteiger partial charge in [0.25, 0.3) is 5.91 Å². The molecule has 1 aromatic carbocycles. The number of likely N-dealkylation sites (N-methyl/N-ethyl adjacent to an activating group) is 1. The Morgan fingerprint density at radius 1 is 1.10 bits per heavy atom. The molecule has 9 nitrogen and oxygen atoms in total. The van der Waals surface area contributed by atoms with Crippen LogP contribution in [0, 0.1) is 0 Å². The number of amides is 1. The predicted octanol–water partition coefficient (Wildman–Crippen LogP) is 0.474. The smallest absolute Gasteiger partial charge is 0.255 e. The van der Waals surface area contributed by atoms with Crippen LogP contribution in [0.3, 0.4) is 0 Å². The number of benzene rings is 1. The van der Waals surface area contributed by atoms with E-state index in [1.165, 1.54) is 29.6 Å². The molecule has 174 valence electrons. The molecule has 2 saturated heterocycles. The summed E-state index contributed by atoms with van der Waals surface area (Å²) in [6.45, 7) is 10.4. The molecular weight excluding hydrogens is 420 g/mol. The molecule has 0 bridgehead atoms. The summed E-state index contributed by atoms with van der Waals surface area (Å²) in [5, 5.41) is 2.91. The minimum Gasteiger partial charge on any atom is -0.496 e. The number of hydrogen-bond donors (Lipinski definition) is 1. The van der Waals surface area contributed by atoms with Crippen molar-refractivity contribution >= 4 is 15.9 Å². The highest BCUT2D eigenvalue weighted by Gasteiger charge is 2.28. The summed E-state index contributed by atoms with van der Waals surface area (Å²) < 4.78 is 37.8. The van der Waals surface area contributed by atoms with Gasteiger partial charge in [0.05, 0.1) is 30.8 Å². The van der Waals surface area contributed by atoms with Crippen LogP contribution in [-0.4, -0.2) is 108 Å². The lowest BCUT2D eigenvalue weighted by Crippen LogP contribution is -2.46. The minimum atomic E-state index is -3.68. The van der Waals surface area contributed by atoms with Crippen molar-refractivity contribution in [3.05, 3.63) is 23.8 Å². The van der Waals surface area contributed by atoms with Crippen LogP contribution in [0.25, 0.3) is 0 Å². The number of ether oxygens (including phenoxy) is 2. The highest BCUT2D eigenvalue weighted by molar-refractivity contribution is 7.89. The highest BCUT2D eigenvalue weighted by atomic mass is 32.2. The van der Waals surface area contributed by atoms with Gasteiger partial charge >= 0.3 is 0 Å². The van der Waals surface area contributed by atoms with E-state index in [1.54, 1.807) is 0 Å². The fourth-order valence-corrected chi connectivity index (χ4v) is 5.32. The van der Waals surface area contributed by atoms with Gasteiger partial charge in [-0.05, 0) is 37.7 Å². The van der Waals surface area contributed by atoms with E-state index in [-0.39, 0.29) is 16.4 Å². The maximum absolute atomic E-state index is 12.9. The molecule has 0 aromatic heterocycles. The number of morpholine rings is 1. The molecule has 10 heteroatoms. The molecule has 0 spiro atoms. The van der Waals surface area contributed by atoms with Crippen LogP contribution < -0.4 is 10.1 Å². The Labute approximate surface area is 185 Å². The first-order valence-electron chi connectivity index (χ1n) is 10.9. The van der Waals surface area contributed by atoms with E-state index in [1.807, 2.05) is 0 Å². The largest absolute Gasteiger partial charge is 0.496 e. The summed E-state index contributed by atoms with van der Waals surface area (Å²) in [4.78, 5) is 17.7. The zero-order chi connectivity index (χ0) is 22.3. The Morgan fingerprint density at radius 3 is 2.42 bits per heavy atom. The molecule has 31 heavy (non-hydrogen) atoms. The van der Waals surface area contributed by atoms with Crippen molar-refractivity contribution in [2.75, 3.05) is 79.2 Å². The van der Waals surface area contributed by atoms with Gasteiger partial charge in [-0.25, -0.2) is 8.42 Å². The van der Waals surface area contributed by atoms with Gasteiger partial charge in [0.1, 0.15) is 5.75 Å². The first-order chi connectivity index (χ1) is 15.0. The molecule has 0 radical (unpaired) electrons. The third-order valence-corrected chi connectivity index (χ3v) is 7.77. The summed E-state index contributed by atoms with van der Waals surface area (Å²) in [5.74, 6) is 0.0285. The number of nitrogens with zero attached hydrogens (tertiary/aromatic N) is 3. The molecule has 1 N–H and O–H groups in total. The first kappa shape index (κ1) is 23.9. The van der Waals surface area contributed by atoms with Crippen molar-refractivity contribution in [3.8, 4) is 5.75 Å². The van der Waals surface area contributed by atoms with Gasteiger partial charge in [-0.2, -0.15) is 4.31 Å². The highest BCUT2D eigenvalue weighted by Crippen LogP contribution is 2.25. The Bertz CT molecular complexity index is 834. The summed E-state index contributed by atoms with van der Waals surface area (Å²) >= 11 is 0. The van der Waals surface area contributed by atoms with Crippen LogP contribution >= 0.6 is 0 Å². The third-order valence-electron chi connectivity index (χ3n) is 5.87. The second-order valence-corrected chi connectivity index (χ2v) is 9.70. The number of hydrogen-bond acceptors (Lipinski definition) is 7. The van der Waals surface area contributed by atoms with E-state index in [9.17, 15) is 13.2 Å². The number of piperazine rings is 1. The van der Waals surface area contributed by atoms with E-state index in [0.717, 1.165) is 45.7 Å². The lowest BCUT2D eigenvalue weighted by molar-refractivity contribution is 0.0730. The molecule has 1 aromatic rings.